The first-order chi connectivity index (χ1) is 9.33. The van der Waals surface area contributed by atoms with Crippen molar-refractivity contribution in [2.45, 2.75) is 46.3 Å². The lowest BCUT2D eigenvalue weighted by Crippen LogP contribution is -2.39. The van der Waals surface area contributed by atoms with Gasteiger partial charge < -0.3 is 5.11 Å². The molecule has 3 heteroatoms. The van der Waals surface area contributed by atoms with Gasteiger partial charge in [-0.1, -0.05) is 31.3 Å². The van der Waals surface area contributed by atoms with Crippen molar-refractivity contribution in [2.24, 2.45) is 0 Å². The first kappa shape index (κ1) is 15.3. The third-order valence-electron chi connectivity index (χ3n) is 4.37. The molecule has 0 atom stereocenters. The summed E-state index contributed by atoms with van der Waals surface area (Å²) < 4.78 is 1.59. The Hall–Kier alpha value is -1.06. The molecule has 2 aromatic rings. The molecular weight excluding hydrogens is 280 g/mol. The van der Waals surface area contributed by atoms with Crippen LogP contribution in [0.3, 0.4) is 0 Å². The summed E-state index contributed by atoms with van der Waals surface area (Å²) in [6, 6.07) is 7.88. The van der Waals surface area contributed by atoms with E-state index in [1.54, 1.807) is 4.50 Å². The van der Waals surface area contributed by atoms with Crippen LogP contribution in [0.5, 0.6) is 5.75 Å². The zero-order valence-electron chi connectivity index (χ0n) is 13.1. The van der Waals surface area contributed by atoms with E-state index in [4.69, 9.17) is 0 Å². The first-order valence-corrected chi connectivity index (χ1v) is 11.2. The monoisotopic (exact) mass is 304 g/mol. The average molecular weight is 305 g/mol. The summed E-state index contributed by atoms with van der Waals surface area (Å²) in [7, 11) is -1.33. The Balaban J connectivity index is 2.20. The summed E-state index contributed by atoms with van der Waals surface area (Å²) in [5.41, 5.74) is 4.69. The molecule has 1 aromatic heterocycles. The number of aromatic hydroxyl groups is 1. The normalized spacial score (nSPS) is 11.8. The highest BCUT2D eigenvalue weighted by molar-refractivity contribution is 7.25. The largest absolute Gasteiger partial charge is 0.507 e. The molecule has 0 spiro atoms. The lowest BCUT2D eigenvalue weighted by molar-refractivity contribution is 0.466. The van der Waals surface area contributed by atoms with Crippen LogP contribution >= 0.6 is 11.3 Å². The van der Waals surface area contributed by atoms with Crippen LogP contribution in [0.1, 0.15) is 22.3 Å². The Bertz CT molecular complexity index is 600. The molecule has 0 aliphatic rings. The van der Waals surface area contributed by atoms with Crippen LogP contribution in [0, 0.1) is 20.8 Å². The Morgan fingerprint density at radius 1 is 1.15 bits per heavy atom. The zero-order chi connectivity index (χ0) is 14.9. The molecule has 0 aliphatic heterocycles. The van der Waals surface area contributed by atoms with Crippen LogP contribution in [0.25, 0.3) is 0 Å². The second-order valence-corrected chi connectivity index (χ2v) is 12.4. The molecule has 0 bridgehead atoms. The molecule has 2 rings (SSSR count). The van der Waals surface area contributed by atoms with E-state index in [1.165, 1.54) is 17.2 Å². The number of rotatable bonds is 4. The van der Waals surface area contributed by atoms with Gasteiger partial charge in [-0.2, -0.15) is 11.3 Å². The van der Waals surface area contributed by atoms with Crippen LogP contribution in [0.4, 0.5) is 0 Å². The smallest absolute Gasteiger partial charge is 0.121 e. The van der Waals surface area contributed by atoms with Crippen LogP contribution in [-0.4, -0.2) is 13.2 Å². The van der Waals surface area contributed by atoms with E-state index in [9.17, 15) is 5.11 Å². The van der Waals surface area contributed by atoms with E-state index in [0.717, 1.165) is 17.5 Å². The van der Waals surface area contributed by atoms with Crippen molar-refractivity contribution in [1.29, 1.82) is 0 Å². The second kappa shape index (κ2) is 5.74. The van der Waals surface area contributed by atoms with Gasteiger partial charge in [0.05, 0.1) is 8.07 Å². The molecular formula is C17H24OSSi. The fraction of sp³-hybridized carbons (Fsp3) is 0.412. The Morgan fingerprint density at radius 3 is 2.45 bits per heavy atom. The van der Waals surface area contributed by atoms with Gasteiger partial charge in [-0.25, -0.2) is 0 Å². The molecule has 1 heterocycles. The van der Waals surface area contributed by atoms with Crippen molar-refractivity contribution in [3.8, 4) is 5.75 Å². The van der Waals surface area contributed by atoms with Gasteiger partial charge in [0.1, 0.15) is 5.75 Å². The molecule has 0 saturated carbocycles. The maximum atomic E-state index is 10.0. The number of hydrogen-bond acceptors (Lipinski definition) is 2. The van der Waals surface area contributed by atoms with Crippen LogP contribution in [-0.2, 0) is 6.42 Å². The number of phenols is 1. The quantitative estimate of drug-likeness (QED) is 0.822. The highest BCUT2D eigenvalue weighted by Crippen LogP contribution is 2.29. The highest BCUT2D eigenvalue weighted by Gasteiger charge is 2.24. The Morgan fingerprint density at radius 2 is 1.85 bits per heavy atom. The van der Waals surface area contributed by atoms with Gasteiger partial charge in [0, 0.05) is 0 Å². The summed E-state index contributed by atoms with van der Waals surface area (Å²) in [6.45, 7) is 11.0. The second-order valence-electron chi connectivity index (χ2n) is 6.31. The molecule has 20 heavy (non-hydrogen) atoms. The number of thiophene rings is 1. The molecule has 1 aromatic carbocycles. The summed E-state index contributed by atoms with van der Waals surface area (Å²) in [4.78, 5) is 0. The number of benzene rings is 1. The molecule has 0 fully saturated rings. The molecule has 0 amide bonds. The summed E-state index contributed by atoms with van der Waals surface area (Å²) in [6.07, 6.45) is 1.12. The number of phenolic OH excluding ortho intramolecular Hbond substituents is 1. The summed E-state index contributed by atoms with van der Waals surface area (Å²) in [5.74, 6) is 0.459. The average Bonchev–Trinajstić information content (AvgIpc) is 2.94. The van der Waals surface area contributed by atoms with Gasteiger partial charge in [-0.05, 0) is 65.4 Å². The third-order valence-corrected chi connectivity index (χ3v) is 10.1. The lowest BCUT2D eigenvalue weighted by atomic mass is 9.97. The van der Waals surface area contributed by atoms with Crippen molar-refractivity contribution < 1.29 is 5.11 Å². The van der Waals surface area contributed by atoms with E-state index in [-0.39, 0.29) is 0 Å². The molecule has 0 unspecified atom stereocenters. The molecule has 0 aliphatic carbocycles. The highest BCUT2D eigenvalue weighted by atomic mass is 32.1. The lowest BCUT2D eigenvalue weighted by Gasteiger charge is -2.22. The fourth-order valence-corrected chi connectivity index (χ4v) is 6.58. The van der Waals surface area contributed by atoms with Crippen molar-refractivity contribution >= 4 is 23.9 Å². The SMILES string of the molecule is Cc1cc(CC[Si](C)(C)c2cccs2)c(C)c(C)c1O. The van der Waals surface area contributed by atoms with Crippen LogP contribution < -0.4 is 4.50 Å². The van der Waals surface area contributed by atoms with Crippen LogP contribution in [0.15, 0.2) is 23.6 Å². The fourth-order valence-electron chi connectivity index (χ4n) is 2.65. The van der Waals surface area contributed by atoms with E-state index in [1.807, 2.05) is 25.2 Å². The standard InChI is InChI=1S/C17H24OSSi/c1-12-11-15(13(2)14(3)17(12)18)8-10-20(4,5)16-7-6-9-19-16/h6-7,9,11,18H,8,10H2,1-5H3. The van der Waals surface area contributed by atoms with E-state index in [2.05, 4.69) is 43.6 Å². The third kappa shape index (κ3) is 2.99. The van der Waals surface area contributed by atoms with Gasteiger partial charge in [-0.15, -0.1) is 0 Å². The molecule has 1 N–H and O–H groups in total. The molecule has 108 valence electrons. The summed E-state index contributed by atoms with van der Waals surface area (Å²) >= 11 is 1.90. The maximum Gasteiger partial charge on any atom is 0.121 e. The molecule has 0 radical (unpaired) electrons. The minimum Gasteiger partial charge on any atom is -0.507 e. The minimum atomic E-state index is -1.33. The van der Waals surface area contributed by atoms with Crippen molar-refractivity contribution in [3.63, 3.8) is 0 Å². The predicted octanol–water partition coefficient (Wildman–Crippen LogP) is 4.54. The molecule has 1 nitrogen and oxygen atoms in total. The van der Waals surface area contributed by atoms with Crippen molar-refractivity contribution in [3.05, 3.63) is 45.8 Å². The van der Waals surface area contributed by atoms with E-state index in [0.29, 0.717) is 5.75 Å². The van der Waals surface area contributed by atoms with E-state index < -0.39 is 8.07 Å². The molecule has 0 saturated heterocycles. The zero-order valence-corrected chi connectivity index (χ0v) is 14.9. The van der Waals surface area contributed by atoms with Gasteiger partial charge in [0.25, 0.3) is 0 Å². The maximum absolute atomic E-state index is 10.0. The first-order valence-electron chi connectivity index (χ1n) is 7.15. The minimum absolute atomic E-state index is 0.459. The van der Waals surface area contributed by atoms with Crippen molar-refractivity contribution in [1.82, 2.24) is 0 Å². The topological polar surface area (TPSA) is 20.2 Å². The Kier molecular flexibility index (Phi) is 4.40. The number of aryl methyl sites for hydroxylation is 2. The van der Waals surface area contributed by atoms with E-state index >= 15 is 0 Å². The summed E-state index contributed by atoms with van der Waals surface area (Å²) in [5, 5.41) is 12.2. The van der Waals surface area contributed by atoms with Crippen LogP contribution in [0.2, 0.25) is 19.1 Å². The Labute approximate surface area is 127 Å². The predicted molar refractivity (Wildman–Crippen MR) is 92.3 cm³/mol. The van der Waals surface area contributed by atoms with Gasteiger partial charge >= 0.3 is 0 Å². The van der Waals surface area contributed by atoms with Gasteiger partial charge in [0.2, 0.25) is 0 Å². The van der Waals surface area contributed by atoms with Gasteiger partial charge in [-0.3, -0.25) is 0 Å². The number of hydrogen-bond donors (Lipinski definition) is 1. The van der Waals surface area contributed by atoms with Crippen molar-refractivity contribution in [2.75, 3.05) is 0 Å². The van der Waals surface area contributed by atoms with Gasteiger partial charge in [0.15, 0.2) is 0 Å².